The third-order valence-corrected chi connectivity index (χ3v) is 4.80. The molecule has 0 radical (unpaired) electrons. The Hall–Kier alpha value is -4.35. The third-order valence-electron chi connectivity index (χ3n) is 4.52. The van der Waals surface area contributed by atoms with E-state index in [0.29, 0.717) is 16.9 Å². The molecule has 0 aliphatic heterocycles. The number of anilines is 2. The molecule has 0 aliphatic carbocycles. The number of hydrogen-bond donors (Lipinski definition) is 2. The van der Waals surface area contributed by atoms with Gasteiger partial charge in [0.25, 0.3) is 11.8 Å². The smallest absolute Gasteiger partial charge is 0.266 e. The lowest BCUT2D eigenvalue weighted by Crippen LogP contribution is -2.20. The SMILES string of the molecule is CCOc1cc(/C=C(\C#N)C(=O)Nc2ccccc2)cc(Cl)c1OCC(=O)Nc1ccc(F)cc1. The Morgan fingerprint density at radius 2 is 1.71 bits per heavy atom. The Kier molecular flexibility index (Phi) is 8.82. The maximum absolute atomic E-state index is 13.0. The van der Waals surface area contributed by atoms with E-state index in [9.17, 15) is 19.2 Å². The standard InChI is InChI=1S/C26H21ClFN3O4/c1-2-34-23-14-17(12-18(15-29)26(33)31-20-6-4-3-5-7-20)13-22(27)25(23)35-16-24(32)30-21-10-8-19(28)9-11-21/h3-14H,2,16H2,1H3,(H,30,32)(H,31,33)/b18-12+. The molecule has 0 saturated heterocycles. The number of nitrogens with one attached hydrogen (secondary N) is 2. The van der Waals surface area contributed by atoms with Crippen LogP contribution in [0.15, 0.2) is 72.3 Å². The molecule has 2 amide bonds. The maximum atomic E-state index is 13.0. The average molecular weight is 494 g/mol. The summed E-state index contributed by atoms with van der Waals surface area (Å²) in [5.41, 5.74) is 1.25. The minimum atomic E-state index is -0.578. The van der Waals surface area contributed by atoms with Crippen LogP contribution in [-0.4, -0.2) is 25.0 Å². The van der Waals surface area contributed by atoms with Gasteiger partial charge in [0.05, 0.1) is 11.6 Å². The van der Waals surface area contributed by atoms with Crippen LogP contribution in [-0.2, 0) is 9.59 Å². The number of para-hydroxylation sites is 1. The zero-order chi connectivity index (χ0) is 25.2. The fourth-order valence-electron chi connectivity index (χ4n) is 2.98. The van der Waals surface area contributed by atoms with Gasteiger partial charge in [0.15, 0.2) is 18.1 Å². The van der Waals surface area contributed by atoms with E-state index in [2.05, 4.69) is 10.6 Å². The van der Waals surface area contributed by atoms with Crippen LogP contribution in [0.25, 0.3) is 6.08 Å². The predicted octanol–water partition coefficient (Wildman–Crippen LogP) is 5.44. The van der Waals surface area contributed by atoms with Crippen molar-refractivity contribution in [3.05, 3.63) is 88.7 Å². The molecule has 0 aromatic heterocycles. The molecule has 7 nitrogen and oxygen atoms in total. The van der Waals surface area contributed by atoms with E-state index in [1.165, 1.54) is 36.4 Å². The van der Waals surface area contributed by atoms with Gasteiger partial charge in [-0.05, 0) is 67.1 Å². The molecule has 0 spiro atoms. The van der Waals surface area contributed by atoms with Crippen LogP contribution in [0.1, 0.15) is 12.5 Å². The summed E-state index contributed by atoms with van der Waals surface area (Å²) in [5, 5.41) is 14.8. The Labute approximate surface area is 206 Å². The first-order valence-electron chi connectivity index (χ1n) is 10.5. The number of nitriles is 1. The minimum Gasteiger partial charge on any atom is -0.490 e. The van der Waals surface area contributed by atoms with Gasteiger partial charge in [0, 0.05) is 11.4 Å². The fourth-order valence-corrected chi connectivity index (χ4v) is 3.25. The summed E-state index contributed by atoms with van der Waals surface area (Å²) in [5.74, 6) is -1.11. The van der Waals surface area contributed by atoms with E-state index in [1.807, 2.05) is 12.1 Å². The van der Waals surface area contributed by atoms with Crippen molar-refractivity contribution in [2.24, 2.45) is 0 Å². The van der Waals surface area contributed by atoms with Gasteiger partial charge in [-0.15, -0.1) is 0 Å². The molecule has 3 aromatic carbocycles. The minimum absolute atomic E-state index is 0.123. The fraction of sp³-hybridized carbons (Fsp3) is 0.115. The number of ether oxygens (including phenoxy) is 2. The quantitative estimate of drug-likeness (QED) is 0.305. The number of hydrogen-bond acceptors (Lipinski definition) is 5. The highest BCUT2D eigenvalue weighted by Gasteiger charge is 2.16. The van der Waals surface area contributed by atoms with Crippen molar-refractivity contribution in [2.45, 2.75) is 6.92 Å². The largest absolute Gasteiger partial charge is 0.490 e. The summed E-state index contributed by atoms with van der Waals surface area (Å²) < 4.78 is 24.2. The van der Waals surface area contributed by atoms with Gasteiger partial charge >= 0.3 is 0 Å². The van der Waals surface area contributed by atoms with Crippen molar-refractivity contribution in [3.8, 4) is 17.6 Å². The van der Waals surface area contributed by atoms with E-state index in [0.717, 1.165) is 0 Å². The van der Waals surface area contributed by atoms with E-state index in [4.69, 9.17) is 21.1 Å². The Morgan fingerprint density at radius 1 is 1.03 bits per heavy atom. The van der Waals surface area contributed by atoms with Gasteiger partial charge < -0.3 is 20.1 Å². The Balaban J connectivity index is 1.76. The highest BCUT2D eigenvalue weighted by Crippen LogP contribution is 2.37. The highest BCUT2D eigenvalue weighted by molar-refractivity contribution is 6.32. The van der Waals surface area contributed by atoms with Crippen LogP contribution < -0.4 is 20.1 Å². The third kappa shape index (κ3) is 7.32. The molecule has 9 heteroatoms. The van der Waals surface area contributed by atoms with Crippen LogP contribution in [0, 0.1) is 17.1 Å². The lowest BCUT2D eigenvalue weighted by molar-refractivity contribution is -0.118. The molecular formula is C26H21ClFN3O4. The van der Waals surface area contributed by atoms with Crippen LogP contribution in [0.5, 0.6) is 11.5 Å². The molecule has 0 saturated carbocycles. The second-order valence-corrected chi connectivity index (χ2v) is 7.50. The molecule has 3 rings (SSSR count). The van der Waals surface area contributed by atoms with Crippen molar-refractivity contribution < 1.29 is 23.5 Å². The summed E-state index contributed by atoms with van der Waals surface area (Å²) in [4.78, 5) is 24.7. The summed E-state index contributed by atoms with van der Waals surface area (Å²) in [6, 6.07) is 19.0. The lowest BCUT2D eigenvalue weighted by Gasteiger charge is -2.14. The lowest BCUT2D eigenvalue weighted by atomic mass is 10.1. The van der Waals surface area contributed by atoms with Gasteiger partial charge in [-0.3, -0.25) is 9.59 Å². The van der Waals surface area contributed by atoms with Gasteiger partial charge in [-0.1, -0.05) is 29.8 Å². The molecule has 3 aromatic rings. The van der Waals surface area contributed by atoms with Gasteiger partial charge in [0.2, 0.25) is 0 Å². The first-order chi connectivity index (χ1) is 16.9. The number of carbonyl (C=O) groups is 2. The van der Waals surface area contributed by atoms with Crippen molar-refractivity contribution in [3.63, 3.8) is 0 Å². The molecule has 0 atom stereocenters. The molecular weight excluding hydrogens is 473 g/mol. The summed E-state index contributed by atoms with van der Waals surface area (Å²) in [6.45, 7) is 1.66. The molecule has 0 aliphatic rings. The Bertz CT molecular complexity index is 1270. The second-order valence-electron chi connectivity index (χ2n) is 7.10. The van der Waals surface area contributed by atoms with Crippen molar-refractivity contribution >= 4 is 40.9 Å². The highest BCUT2D eigenvalue weighted by atomic mass is 35.5. The first kappa shape index (κ1) is 25.3. The van der Waals surface area contributed by atoms with Crippen molar-refractivity contribution in [1.29, 1.82) is 5.26 Å². The van der Waals surface area contributed by atoms with Crippen LogP contribution in [0.2, 0.25) is 5.02 Å². The normalized spacial score (nSPS) is 10.7. The number of benzene rings is 3. The van der Waals surface area contributed by atoms with Gasteiger partial charge in [0.1, 0.15) is 17.5 Å². The molecule has 0 bridgehead atoms. The Morgan fingerprint density at radius 3 is 2.37 bits per heavy atom. The molecule has 35 heavy (non-hydrogen) atoms. The number of rotatable bonds is 9. The number of nitrogens with zero attached hydrogens (tertiary/aromatic N) is 1. The topological polar surface area (TPSA) is 100 Å². The van der Waals surface area contributed by atoms with E-state index in [1.54, 1.807) is 37.3 Å². The van der Waals surface area contributed by atoms with Gasteiger partial charge in [-0.2, -0.15) is 5.26 Å². The molecule has 178 valence electrons. The number of carbonyl (C=O) groups excluding carboxylic acids is 2. The molecule has 0 fully saturated rings. The molecule has 0 heterocycles. The first-order valence-corrected chi connectivity index (χ1v) is 10.9. The zero-order valence-corrected chi connectivity index (χ0v) is 19.4. The molecule has 2 N–H and O–H groups in total. The van der Waals surface area contributed by atoms with Crippen molar-refractivity contribution in [2.75, 3.05) is 23.8 Å². The monoisotopic (exact) mass is 493 g/mol. The molecule has 0 unspecified atom stereocenters. The van der Waals surface area contributed by atoms with E-state index < -0.39 is 17.6 Å². The van der Waals surface area contributed by atoms with Crippen LogP contribution >= 0.6 is 11.6 Å². The van der Waals surface area contributed by atoms with E-state index in [-0.39, 0.29) is 35.3 Å². The van der Waals surface area contributed by atoms with E-state index >= 15 is 0 Å². The zero-order valence-electron chi connectivity index (χ0n) is 18.7. The van der Waals surface area contributed by atoms with Crippen LogP contribution in [0.4, 0.5) is 15.8 Å². The number of halogens is 2. The maximum Gasteiger partial charge on any atom is 0.266 e. The van der Waals surface area contributed by atoms with Crippen LogP contribution in [0.3, 0.4) is 0 Å². The second kappa shape index (κ2) is 12.2. The predicted molar refractivity (Wildman–Crippen MR) is 132 cm³/mol. The number of amides is 2. The average Bonchev–Trinajstić information content (AvgIpc) is 2.84. The van der Waals surface area contributed by atoms with Gasteiger partial charge in [-0.25, -0.2) is 4.39 Å². The summed E-state index contributed by atoms with van der Waals surface area (Å²) in [6.07, 6.45) is 1.37. The summed E-state index contributed by atoms with van der Waals surface area (Å²) >= 11 is 6.38. The summed E-state index contributed by atoms with van der Waals surface area (Å²) in [7, 11) is 0. The van der Waals surface area contributed by atoms with Crippen molar-refractivity contribution in [1.82, 2.24) is 0 Å².